The van der Waals surface area contributed by atoms with E-state index in [1.165, 1.54) is 6.07 Å². The van der Waals surface area contributed by atoms with Gasteiger partial charge in [-0.05, 0) is 12.5 Å². The first kappa shape index (κ1) is 18.2. The van der Waals surface area contributed by atoms with Crippen LogP contribution in [0.15, 0.2) is 18.2 Å². The SMILES string of the molecule is CCCC[C@H](c1cccc(F)c1OC)N1CCNCC1.Cl. The third-order valence-corrected chi connectivity index (χ3v) is 3.98. The lowest BCUT2D eigenvalue weighted by Crippen LogP contribution is -2.45. The number of rotatable bonds is 6. The lowest BCUT2D eigenvalue weighted by Gasteiger charge is -2.36. The number of para-hydroxylation sites is 1. The van der Waals surface area contributed by atoms with Gasteiger partial charge in [0.15, 0.2) is 11.6 Å². The molecule has 120 valence electrons. The van der Waals surface area contributed by atoms with E-state index in [1.807, 2.05) is 6.07 Å². The Bertz CT molecular complexity index is 425. The van der Waals surface area contributed by atoms with E-state index < -0.39 is 0 Å². The third kappa shape index (κ3) is 4.56. The molecule has 1 fully saturated rings. The summed E-state index contributed by atoms with van der Waals surface area (Å²) in [6.45, 7) is 6.21. The van der Waals surface area contributed by atoms with Crippen LogP contribution < -0.4 is 10.1 Å². The maximum absolute atomic E-state index is 13.9. The Kier molecular flexibility index (Phi) is 8.01. The van der Waals surface area contributed by atoms with Crippen molar-refractivity contribution in [2.45, 2.75) is 32.2 Å². The summed E-state index contributed by atoms with van der Waals surface area (Å²) in [6.07, 6.45) is 3.35. The van der Waals surface area contributed by atoms with Crippen molar-refractivity contribution < 1.29 is 9.13 Å². The summed E-state index contributed by atoms with van der Waals surface area (Å²) >= 11 is 0. The molecular weight excluding hydrogens is 291 g/mol. The van der Waals surface area contributed by atoms with Crippen molar-refractivity contribution in [2.75, 3.05) is 33.3 Å². The molecular formula is C16H26ClFN2O. The van der Waals surface area contributed by atoms with Gasteiger partial charge in [-0.25, -0.2) is 4.39 Å². The largest absolute Gasteiger partial charge is 0.493 e. The fourth-order valence-electron chi connectivity index (χ4n) is 2.93. The molecule has 1 heterocycles. The smallest absolute Gasteiger partial charge is 0.165 e. The van der Waals surface area contributed by atoms with Crippen LogP contribution in [-0.4, -0.2) is 38.2 Å². The highest BCUT2D eigenvalue weighted by Gasteiger charge is 2.25. The molecule has 1 N–H and O–H groups in total. The van der Waals surface area contributed by atoms with Crippen LogP contribution in [0.5, 0.6) is 5.75 Å². The number of nitrogens with one attached hydrogen (secondary N) is 1. The Balaban J connectivity index is 0.00000220. The minimum atomic E-state index is -0.262. The molecule has 2 rings (SSSR count). The molecule has 1 aromatic rings. The first-order valence-electron chi connectivity index (χ1n) is 7.55. The van der Waals surface area contributed by atoms with Gasteiger partial charge in [0.05, 0.1) is 7.11 Å². The molecule has 0 unspecified atom stereocenters. The second-order valence-electron chi connectivity index (χ2n) is 5.31. The molecule has 0 radical (unpaired) electrons. The maximum atomic E-state index is 13.9. The first-order valence-corrected chi connectivity index (χ1v) is 7.55. The van der Waals surface area contributed by atoms with Gasteiger partial charge < -0.3 is 10.1 Å². The van der Waals surface area contributed by atoms with Crippen molar-refractivity contribution in [2.24, 2.45) is 0 Å². The first-order chi connectivity index (χ1) is 9.77. The molecule has 0 spiro atoms. The van der Waals surface area contributed by atoms with Crippen LogP contribution in [0.25, 0.3) is 0 Å². The van der Waals surface area contributed by atoms with Crippen molar-refractivity contribution in [3.8, 4) is 5.75 Å². The summed E-state index contributed by atoms with van der Waals surface area (Å²) in [5.41, 5.74) is 0.989. The number of ether oxygens (including phenoxy) is 1. The van der Waals surface area contributed by atoms with Crippen molar-refractivity contribution in [3.63, 3.8) is 0 Å². The van der Waals surface area contributed by atoms with Gasteiger partial charge in [-0.2, -0.15) is 0 Å². The molecule has 1 aliphatic heterocycles. The molecule has 21 heavy (non-hydrogen) atoms. The van der Waals surface area contributed by atoms with E-state index >= 15 is 0 Å². The quantitative estimate of drug-likeness (QED) is 0.870. The molecule has 0 aliphatic carbocycles. The van der Waals surface area contributed by atoms with Crippen LogP contribution in [0.4, 0.5) is 4.39 Å². The zero-order valence-corrected chi connectivity index (χ0v) is 13.7. The monoisotopic (exact) mass is 316 g/mol. The van der Waals surface area contributed by atoms with Gasteiger partial charge in [0.25, 0.3) is 0 Å². The molecule has 1 aliphatic rings. The highest BCUT2D eigenvalue weighted by molar-refractivity contribution is 5.85. The van der Waals surface area contributed by atoms with Crippen LogP contribution in [0.2, 0.25) is 0 Å². The zero-order valence-electron chi connectivity index (χ0n) is 12.9. The van der Waals surface area contributed by atoms with Gasteiger partial charge >= 0.3 is 0 Å². The number of hydrogen-bond donors (Lipinski definition) is 1. The summed E-state index contributed by atoms with van der Waals surface area (Å²) in [5.74, 6) is 0.147. The van der Waals surface area contributed by atoms with E-state index in [2.05, 4.69) is 17.1 Å². The van der Waals surface area contributed by atoms with Crippen molar-refractivity contribution in [1.29, 1.82) is 0 Å². The van der Waals surface area contributed by atoms with Gasteiger partial charge in [-0.3, -0.25) is 4.90 Å². The molecule has 5 heteroatoms. The Hall–Kier alpha value is -0.840. The second-order valence-corrected chi connectivity index (χ2v) is 5.31. The maximum Gasteiger partial charge on any atom is 0.165 e. The molecule has 1 saturated heterocycles. The van der Waals surface area contributed by atoms with Crippen LogP contribution in [0, 0.1) is 5.82 Å². The average molecular weight is 317 g/mol. The summed E-state index contributed by atoms with van der Waals surface area (Å²) in [6, 6.07) is 5.51. The molecule has 1 aromatic carbocycles. The normalized spacial score (nSPS) is 17.1. The molecule has 3 nitrogen and oxygen atoms in total. The number of halogens is 2. The number of methoxy groups -OCH3 is 1. The molecule has 1 atom stereocenters. The van der Waals surface area contributed by atoms with E-state index in [0.717, 1.165) is 51.0 Å². The van der Waals surface area contributed by atoms with Gasteiger partial charge in [0.2, 0.25) is 0 Å². The van der Waals surface area contributed by atoms with Gasteiger partial charge in [-0.15, -0.1) is 12.4 Å². The number of benzene rings is 1. The van der Waals surface area contributed by atoms with Crippen molar-refractivity contribution in [1.82, 2.24) is 10.2 Å². The standard InChI is InChI=1S/C16H25FN2O.ClH/c1-3-4-8-15(19-11-9-18-10-12-19)13-6-5-7-14(17)16(13)20-2;/h5-7,15,18H,3-4,8-12H2,1-2H3;1H/t15-;/m1./s1. The van der Waals surface area contributed by atoms with Gasteiger partial charge in [0.1, 0.15) is 0 Å². The Labute approximate surface area is 133 Å². The fourth-order valence-corrected chi connectivity index (χ4v) is 2.93. The lowest BCUT2D eigenvalue weighted by atomic mass is 9.97. The Morgan fingerprint density at radius 1 is 1.33 bits per heavy atom. The van der Waals surface area contributed by atoms with E-state index in [1.54, 1.807) is 13.2 Å². The van der Waals surface area contributed by atoms with Crippen molar-refractivity contribution >= 4 is 12.4 Å². The van der Waals surface area contributed by atoms with Gasteiger partial charge in [0, 0.05) is 37.8 Å². The van der Waals surface area contributed by atoms with Crippen LogP contribution in [0.3, 0.4) is 0 Å². The fraction of sp³-hybridized carbons (Fsp3) is 0.625. The topological polar surface area (TPSA) is 24.5 Å². The summed E-state index contributed by atoms with van der Waals surface area (Å²) in [4.78, 5) is 2.45. The van der Waals surface area contributed by atoms with E-state index in [9.17, 15) is 4.39 Å². The lowest BCUT2D eigenvalue weighted by molar-refractivity contribution is 0.159. The number of unbranched alkanes of at least 4 members (excludes halogenated alkanes) is 1. The van der Waals surface area contributed by atoms with Crippen LogP contribution in [-0.2, 0) is 0 Å². The zero-order chi connectivity index (χ0) is 14.4. The van der Waals surface area contributed by atoms with E-state index in [4.69, 9.17) is 4.74 Å². The predicted octanol–water partition coefficient (Wildman–Crippen LogP) is 3.39. The highest BCUT2D eigenvalue weighted by atomic mass is 35.5. The predicted molar refractivity (Wildman–Crippen MR) is 86.9 cm³/mol. The molecule has 0 saturated carbocycles. The van der Waals surface area contributed by atoms with E-state index in [-0.39, 0.29) is 24.3 Å². The number of hydrogen-bond acceptors (Lipinski definition) is 3. The molecule has 0 amide bonds. The average Bonchev–Trinajstić information content (AvgIpc) is 2.49. The highest BCUT2D eigenvalue weighted by Crippen LogP contribution is 2.34. The number of piperazine rings is 1. The Morgan fingerprint density at radius 2 is 2.05 bits per heavy atom. The van der Waals surface area contributed by atoms with Crippen LogP contribution in [0.1, 0.15) is 37.8 Å². The number of nitrogens with zero attached hydrogens (tertiary/aromatic N) is 1. The van der Waals surface area contributed by atoms with Crippen molar-refractivity contribution in [3.05, 3.63) is 29.6 Å². The minimum absolute atomic E-state index is 0. The van der Waals surface area contributed by atoms with Crippen LogP contribution >= 0.6 is 12.4 Å². The summed E-state index contributed by atoms with van der Waals surface area (Å²) in [7, 11) is 1.55. The van der Waals surface area contributed by atoms with E-state index in [0.29, 0.717) is 5.75 Å². The summed E-state index contributed by atoms with van der Waals surface area (Å²) < 4.78 is 19.3. The van der Waals surface area contributed by atoms with Gasteiger partial charge in [-0.1, -0.05) is 31.9 Å². The second kappa shape index (κ2) is 9.23. The Morgan fingerprint density at radius 3 is 2.67 bits per heavy atom. The molecule has 0 aromatic heterocycles. The third-order valence-electron chi connectivity index (χ3n) is 3.98. The molecule has 0 bridgehead atoms. The minimum Gasteiger partial charge on any atom is -0.493 e. The summed E-state index contributed by atoms with van der Waals surface area (Å²) in [5, 5.41) is 3.37.